The lowest BCUT2D eigenvalue weighted by Gasteiger charge is -2.44. The third-order valence-electron chi connectivity index (χ3n) is 8.11. The van der Waals surface area contributed by atoms with Gasteiger partial charge >= 0.3 is 5.97 Å². The molecule has 0 amide bonds. The van der Waals surface area contributed by atoms with Crippen LogP contribution in [0.1, 0.15) is 35.6 Å². The van der Waals surface area contributed by atoms with Crippen molar-refractivity contribution >= 4 is 17.5 Å². The average Bonchev–Trinajstić information content (AvgIpc) is 3.01. The number of esters is 1. The number of amidine groups is 1. The highest BCUT2D eigenvalue weighted by molar-refractivity contribution is 5.95. The summed E-state index contributed by atoms with van der Waals surface area (Å²) in [5.74, 6) is 0.659. The number of ether oxygens (including phenoxy) is 2. The number of hydrogen-bond donors (Lipinski definition) is 2. The smallest absolute Gasteiger partial charge is 0.327 e. The molecular weight excluding hydrogens is 502 g/mol. The van der Waals surface area contributed by atoms with Gasteiger partial charge in [-0.05, 0) is 60.4 Å². The van der Waals surface area contributed by atoms with Crippen LogP contribution in [-0.2, 0) is 16.1 Å². The van der Waals surface area contributed by atoms with Crippen molar-refractivity contribution in [3.8, 4) is 5.75 Å². The first-order chi connectivity index (χ1) is 19.5. The summed E-state index contributed by atoms with van der Waals surface area (Å²) in [7, 11) is 1.46. The van der Waals surface area contributed by atoms with E-state index >= 15 is 0 Å². The molecule has 2 fully saturated rings. The molecule has 210 valence electrons. The zero-order chi connectivity index (χ0) is 27.9. The van der Waals surface area contributed by atoms with E-state index in [0.29, 0.717) is 12.6 Å². The fraction of sp³-hybridized carbons (Fsp3) is 0.375. The molecule has 8 nitrogen and oxygen atoms in total. The summed E-state index contributed by atoms with van der Waals surface area (Å²) in [6.45, 7) is 6.20. The number of nitrogens with zero attached hydrogens (tertiary/aromatic N) is 3. The number of nitrogen functional groups attached to an aromatic ring is 1. The molecule has 0 aromatic heterocycles. The van der Waals surface area contributed by atoms with Gasteiger partial charge in [0.2, 0.25) is 0 Å². The second-order valence-electron chi connectivity index (χ2n) is 10.5. The molecule has 3 N–H and O–H groups in total. The van der Waals surface area contributed by atoms with E-state index < -0.39 is 6.04 Å². The molecular formula is C32H39N5O3. The summed E-state index contributed by atoms with van der Waals surface area (Å²) in [6.07, 6.45) is 2.05. The summed E-state index contributed by atoms with van der Waals surface area (Å²) in [6, 6.07) is 26.0. The maximum Gasteiger partial charge on any atom is 0.327 e. The minimum absolute atomic E-state index is 0.0991. The molecule has 1 atom stereocenters. The number of rotatable bonds is 9. The van der Waals surface area contributed by atoms with Gasteiger partial charge in [0.05, 0.1) is 7.11 Å². The third-order valence-corrected chi connectivity index (χ3v) is 8.11. The van der Waals surface area contributed by atoms with Crippen molar-refractivity contribution in [3.05, 3.63) is 95.6 Å². The zero-order valence-electron chi connectivity index (χ0n) is 23.2. The number of anilines is 1. The largest absolute Gasteiger partial charge is 0.489 e. The monoisotopic (exact) mass is 541 g/mol. The van der Waals surface area contributed by atoms with Crippen molar-refractivity contribution in [2.75, 3.05) is 51.3 Å². The Balaban J connectivity index is 1.14. The van der Waals surface area contributed by atoms with Gasteiger partial charge in [0.25, 0.3) is 0 Å². The lowest BCUT2D eigenvalue weighted by molar-refractivity contribution is -0.148. The van der Waals surface area contributed by atoms with Gasteiger partial charge in [-0.15, -0.1) is 0 Å². The lowest BCUT2D eigenvalue weighted by Crippen LogP contribution is -2.54. The first-order valence-corrected chi connectivity index (χ1v) is 14.0. The van der Waals surface area contributed by atoms with Crippen molar-refractivity contribution in [2.24, 2.45) is 5.73 Å². The maximum atomic E-state index is 12.9. The van der Waals surface area contributed by atoms with Crippen LogP contribution in [0, 0.1) is 5.41 Å². The van der Waals surface area contributed by atoms with E-state index in [1.54, 1.807) is 0 Å². The van der Waals surface area contributed by atoms with Crippen molar-refractivity contribution in [1.82, 2.24) is 9.80 Å². The normalized spacial score (nSPS) is 17.8. The van der Waals surface area contributed by atoms with Gasteiger partial charge in [0, 0.05) is 56.6 Å². The molecule has 8 heteroatoms. The van der Waals surface area contributed by atoms with Crippen LogP contribution in [0.2, 0.25) is 0 Å². The van der Waals surface area contributed by atoms with Crippen molar-refractivity contribution in [1.29, 1.82) is 5.41 Å². The van der Waals surface area contributed by atoms with E-state index in [1.807, 2.05) is 66.7 Å². The molecule has 2 aliphatic rings. The molecule has 0 saturated carbocycles. The summed E-state index contributed by atoms with van der Waals surface area (Å²) < 4.78 is 11.2. The van der Waals surface area contributed by atoms with Crippen LogP contribution in [-0.4, -0.2) is 74.0 Å². The Bertz CT molecular complexity index is 1250. The van der Waals surface area contributed by atoms with Crippen LogP contribution in [0.5, 0.6) is 5.75 Å². The van der Waals surface area contributed by atoms with Gasteiger partial charge in [0.15, 0.2) is 0 Å². The molecule has 5 rings (SSSR count). The van der Waals surface area contributed by atoms with Crippen LogP contribution in [0.4, 0.5) is 5.69 Å². The lowest BCUT2D eigenvalue weighted by atomic mass is 9.97. The SMILES string of the molecule is COC(=O)C(c1ccc(OCc2ccccc2)cc1)N1CCC(N2CCN(c3ccc(C(=N)N)cc3)CC2)CC1. The number of methoxy groups -OCH3 is 1. The van der Waals surface area contributed by atoms with Gasteiger partial charge < -0.3 is 20.1 Å². The zero-order valence-corrected chi connectivity index (χ0v) is 23.2. The van der Waals surface area contributed by atoms with E-state index in [4.69, 9.17) is 20.6 Å². The Hall–Kier alpha value is -3.88. The van der Waals surface area contributed by atoms with Crippen LogP contribution < -0.4 is 15.4 Å². The van der Waals surface area contributed by atoms with Crippen LogP contribution in [0.3, 0.4) is 0 Å². The molecule has 0 spiro atoms. The standard InChI is InChI=1S/C32H39N5O3/c1-39-32(38)30(25-9-13-29(14-10-25)40-23-24-5-3-2-4-6-24)37-17-15-28(16-18-37)36-21-19-35(20-22-36)27-11-7-26(8-12-27)31(33)34/h2-14,28,30H,15-23H2,1H3,(H3,33,34). The molecule has 0 bridgehead atoms. The number of benzene rings is 3. The van der Waals surface area contributed by atoms with Crippen LogP contribution in [0.25, 0.3) is 0 Å². The molecule has 3 aromatic rings. The predicted molar refractivity (Wildman–Crippen MR) is 158 cm³/mol. The molecule has 3 aromatic carbocycles. The second-order valence-corrected chi connectivity index (χ2v) is 10.5. The summed E-state index contributed by atoms with van der Waals surface area (Å²) in [4.78, 5) is 20.1. The van der Waals surface area contributed by atoms with Crippen LogP contribution in [0.15, 0.2) is 78.9 Å². The number of likely N-dealkylation sites (tertiary alicyclic amines) is 1. The number of nitrogens with two attached hydrogens (primary N) is 1. The molecule has 2 aliphatic heterocycles. The summed E-state index contributed by atoms with van der Waals surface area (Å²) in [5.41, 5.74) is 9.58. The molecule has 0 aliphatic carbocycles. The molecule has 2 heterocycles. The molecule has 1 unspecified atom stereocenters. The first kappa shape index (κ1) is 27.7. The van der Waals surface area contributed by atoms with Gasteiger partial charge in [-0.25, -0.2) is 4.79 Å². The van der Waals surface area contributed by atoms with Gasteiger partial charge in [-0.3, -0.25) is 15.2 Å². The Morgan fingerprint density at radius 1 is 0.900 bits per heavy atom. The topological polar surface area (TPSA) is 95.1 Å². The number of carbonyl (C=O) groups excluding carboxylic acids is 1. The van der Waals surface area contributed by atoms with E-state index in [0.717, 1.165) is 74.6 Å². The second kappa shape index (κ2) is 13.0. The summed E-state index contributed by atoms with van der Waals surface area (Å²) >= 11 is 0. The highest BCUT2D eigenvalue weighted by Gasteiger charge is 2.34. The number of carbonyl (C=O) groups is 1. The quantitative estimate of drug-likeness (QED) is 0.240. The van der Waals surface area contributed by atoms with Crippen LogP contribution >= 0.6 is 0 Å². The first-order valence-electron chi connectivity index (χ1n) is 14.0. The predicted octanol–water partition coefficient (Wildman–Crippen LogP) is 4.05. The molecule has 2 saturated heterocycles. The Kier molecular flexibility index (Phi) is 8.98. The van der Waals surface area contributed by atoms with Gasteiger partial charge in [-0.1, -0.05) is 42.5 Å². The highest BCUT2D eigenvalue weighted by Crippen LogP contribution is 2.30. The van der Waals surface area contributed by atoms with E-state index in [9.17, 15) is 4.79 Å². The third kappa shape index (κ3) is 6.63. The van der Waals surface area contributed by atoms with Crippen molar-refractivity contribution in [3.63, 3.8) is 0 Å². The maximum absolute atomic E-state index is 12.9. The number of piperazine rings is 1. The van der Waals surface area contributed by atoms with Gasteiger partial charge in [0.1, 0.15) is 24.2 Å². The Labute approximate surface area is 236 Å². The highest BCUT2D eigenvalue weighted by atomic mass is 16.5. The van der Waals surface area contributed by atoms with Gasteiger partial charge in [-0.2, -0.15) is 0 Å². The van der Waals surface area contributed by atoms with Crippen molar-refractivity contribution < 1.29 is 14.3 Å². The van der Waals surface area contributed by atoms with E-state index in [-0.39, 0.29) is 11.8 Å². The Morgan fingerprint density at radius 2 is 1.55 bits per heavy atom. The fourth-order valence-electron chi connectivity index (χ4n) is 5.80. The van der Waals surface area contributed by atoms with E-state index in [2.05, 4.69) is 26.8 Å². The van der Waals surface area contributed by atoms with E-state index in [1.165, 1.54) is 12.8 Å². The minimum Gasteiger partial charge on any atom is -0.489 e. The Morgan fingerprint density at radius 3 is 2.15 bits per heavy atom. The summed E-state index contributed by atoms with van der Waals surface area (Å²) in [5, 5.41) is 7.59. The molecule has 40 heavy (non-hydrogen) atoms. The fourth-order valence-corrected chi connectivity index (χ4v) is 5.80. The average molecular weight is 542 g/mol. The molecule has 0 radical (unpaired) electrons. The number of piperidine rings is 1. The minimum atomic E-state index is -0.413. The number of nitrogens with one attached hydrogen (secondary N) is 1. The van der Waals surface area contributed by atoms with Crippen molar-refractivity contribution in [2.45, 2.75) is 31.5 Å². The number of hydrogen-bond acceptors (Lipinski definition) is 7.